The Morgan fingerprint density at radius 2 is 2.29 bits per heavy atom. The highest BCUT2D eigenvalue weighted by Crippen LogP contribution is 2.30. The lowest BCUT2D eigenvalue weighted by atomic mass is 9.95. The number of β-amino-alcohol motifs (C(OH)–C–C–N with tert-alkyl or cyclic N) is 1. The first-order valence-corrected chi connectivity index (χ1v) is 6.54. The molecule has 2 rings (SSSR count). The van der Waals surface area contributed by atoms with Gasteiger partial charge in [-0.25, -0.2) is 0 Å². The number of nitriles is 1. The number of aliphatic hydroxyl groups is 1. The molecule has 90 valence electrons. The van der Waals surface area contributed by atoms with Gasteiger partial charge in [-0.2, -0.15) is 5.26 Å². The normalized spacial score (nSPS) is 24.5. The standard InChI is InChI=1S/C13H15BrN2O/c1-9-5-6-16(8-13(9)17)12-4-2-3-11(14)10(12)7-15/h2-4,9,13,17H,5-6,8H2,1H3. The molecule has 1 aromatic rings. The molecule has 0 bridgehead atoms. The molecule has 0 amide bonds. The maximum atomic E-state index is 9.91. The summed E-state index contributed by atoms with van der Waals surface area (Å²) >= 11 is 3.39. The van der Waals surface area contributed by atoms with Crippen LogP contribution in [0.4, 0.5) is 5.69 Å². The van der Waals surface area contributed by atoms with E-state index in [1.54, 1.807) is 0 Å². The van der Waals surface area contributed by atoms with Crippen LogP contribution < -0.4 is 4.90 Å². The first-order chi connectivity index (χ1) is 8.13. The molecule has 0 aliphatic carbocycles. The summed E-state index contributed by atoms with van der Waals surface area (Å²) in [4.78, 5) is 2.09. The summed E-state index contributed by atoms with van der Waals surface area (Å²) in [6, 6.07) is 7.94. The molecule has 17 heavy (non-hydrogen) atoms. The van der Waals surface area contributed by atoms with Gasteiger partial charge in [0.2, 0.25) is 0 Å². The fourth-order valence-corrected chi connectivity index (χ4v) is 2.60. The van der Waals surface area contributed by atoms with Gasteiger partial charge < -0.3 is 10.0 Å². The predicted octanol–water partition coefficient (Wildman–Crippen LogP) is 2.53. The average molecular weight is 295 g/mol. The van der Waals surface area contributed by atoms with Crippen LogP contribution in [0.2, 0.25) is 0 Å². The number of rotatable bonds is 1. The molecule has 0 saturated carbocycles. The van der Waals surface area contributed by atoms with Crippen molar-refractivity contribution < 1.29 is 5.11 Å². The van der Waals surface area contributed by atoms with Gasteiger partial charge in [0, 0.05) is 17.6 Å². The van der Waals surface area contributed by atoms with E-state index in [9.17, 15) is 10.4 Å². The number of anilines is 1. The van der Waals surface area contributed by atoms with Gasteiger partial charge in [-0.1, -0.05) is 13.0 Å². The lowest BCUT2D eigenvalue weighted by molar-refractivity contribution is 0.103. The van der Waals surface area contributed by atoms with Crippen molar-refractivity contribution >= 4 is 21.6 Å². The van der Waals surface area contributed by atoms with Crippen LogP contribution in [0.25, 0.3) is 0 Å². The summed E-state index contributed by atoms with van der Waals surface area (Å²) in [6.07, 6.45) is 0.646. The minimum absolute atomic E-state index is 0.311. The Kier molecular flexibility index (Phi) is 3.70. The second kappa shape index (κ2) is 5.07. The molecule has 0 spiro atoms. The summed E-state index contributed by atoms with van der Waals surface area (Å²) in [5, 5.41) is 19.1. The van der Waals surface area contributed by atoms with Crippen LogP contribution in [0, 0.1) is 17.2 Å². The van der Waals surface area contributed by atoms with Crippen molar-refractivity contribution in [1.29, 1.82) is 5.26 Å². The molecule has 1 heterocycles. The second-order valence-electron chi connectivity index (χ2n) is 4.53. The fourth-order valence-electron chi connectivity index (χ4n) is 2.15. The van der Waals surface area contributed by atoms with Gasteiger partial charge in [-0.3, -0.25) is 0 Å². The van der Waals surface area contributed by atoms with E-state index in [1.165, 1.54) is 0 Å². The number of piperidine rings is 1. The molecule has 2 unspecified atom stereocenters. The van der Waals surface area contributed by atoms with Crippen LogP contribution in [-0.4, -0.2) is 24.3 Å². The number of aliphatic hydroxyl groups excluding tert-OH is 1. The van der Waals surface area contributed by atoms with Gasteiger partial charge in [0.25, 0.3) is 0 Å². The zero-order valence-corrected chi connectivity index (χ0v) is 11.3. The van der Waals surface area contributed by atoms with E-state index in [-0.39, 0.29) is 6.10 Å². The van der Waals surface area contributed by atoms with E-state index in [0.29, 0.717) is 18.0 Å². The molecular formula is C13H15BrN2O. The second-order valence-corrected chi connectivity index (χ2v) is 5.38. The number of halogens is 1. The Bertz CT molecular complexity index is 455. The molecule has 1 aliphatic rings. The van der Waals surface area contributed by atoms with Gasteiger partial charge in [0.15, 0.2) is 0 Å². The maximum absolute atomic E-state index is 9.91. The van der Waals surface area contributed by atoms with Crippen LogP contribution in [0.5, 0.6) is 0 Å². The average Bonchev–Trinajstić information content (AvgIpc) is 2.32. The number of hydrogen-bond acceptors (Lipinski definition) is 3. The Morgan fingerprint density at radius 1 is 1.53 bits per heavy atom. The first kappa shape index (κ1) is 12.4. The highest BCUT2D eigenvalue weighted by atomic mass is 79.9. The third-order valence-corrected chi connectivity index (χ3v) is 4.02. The molecule has 0 radical (unpaired) electrons. The molecule has 1 aromatic carbocycles. The van der Waals surface area contributed by atoms with Crippen LogP contribution in [0.1, 0.15) is 18.9 Å². The number of hydrogen-bond donors (Lipinski definition) is 1. The Morgan fingerprint density at radius 3 is 2.94 bits per heavy atom. The summed E-state index contributed by atoms with van der Waals surface area (Å²) in [5.41, 5.74) is 1.56. The van der Waals surface area contributed by atoms with Crippen LogP contribution >= 0.6 is 15.9 Å². The molecule has 1 fully saturated rings. The minimum Gasteiger partial charge on any atom is -0.391 e. The van der Waals surface area contributed by atoms with Crippen molar-refractivity contribution in [2.45, 2.75) is 19.4 Å². The topological polar surface area (TPSA) is 47.3 Å². The zero-order chi connectivity index (χ0) is 12.4. The lowest BCUT2D eigenvalue weighted by Crippen LogP contribution is -2.43. The SMILES string of the molecule is CC1CCN(c2cccc(Br)c2C#N)CC1O. The maximum Gasteiger partial charge on any atom is 0.103 e. The molecular weight excluding hydrogens is 280 g/mol. The van der Waals surface area contributed by atoms with Gasteiger partial charge in [0.05, 0.1) is 17.4 Å². The van der Waals surface area contributed by atoms with Gasteiger partial charge in [-0.05, 0) is 40.4 Å². The highest BCUT2D eigenvalue weighted by molar-refractivity contribution is 9.10. The zero-order valence-electron chi connectivity index (χ0n) is 9.73. The Balaban J connectivity index is 2.29. The Labute approximate surface area is 110 Å². The summed E-state index contributed by atoms with van der Waals surface area (Å²) in [6.45, 7) is 3.56. The van der Waals surface area contributed by atoms with Crippen molar-refractivity contribution in [3.05, 3.63) is 28.2 Å². The van der Waals surface area contributed by atoms with E-state index in [4.69, 9.17) is 0 Å². The lowest BCUT2D eigenvalue weighted by Gasteiger charge is -2.36. The largest absolute Gasteiger partial charge is 0.391 e. The third-order valence-electron chi connectivity index (χ3n) is 3.36. The van der Waals surface area contributed by atoms with Crippen molar-refractivity contribution in [2.24, 2.45) is 5.92 Å². The highest BCUT2D eigenvalue weighted by Gasteiger charge is 2.25. The summed E-state index contributed by atoms with van der Waals surface area (Å²) in [7, 11) is 0. The van der Waals surface area contributed by atoms with Crippen molar-refractivity contribution in [2.75, 3.05) is 18.0 Å². The van der Waals surface area contributed by atoms with E-state index in [0.717, 1.165) is 23.1 Å². The minimum atomic E-state index is -0.311. The van der Waals surface area contributed by atoms with Crippen molar-refractivity contribution in [3.8, 4) is 6.07 Å². The van der Waals surface area contributed by atoms with Gasteiger partial charge in [-0.15, -0.1) is 0 Å². The molecule has 0 aromatic heterocycles. The van der Waals surface area contributed by atoms with E-state index in [1.807, 2.05) is 18.2 Å². The van der Waals surface area contributed by atoms with Crippen molar-refractivity contribution in [1.82, 2.24) is 0 Å². The summed E-state index contributed by atoms with van der Waals surface area (Å²) in [5.74, 6) is 0.337. The third kappa shape index (κ3) is 2.46. The number of benzene rings is 1. The smallest absolute Gasteiger partial charge is 0.103 e. The van der Waals surface area contributed by atoms with E-state index in [2.05, 4.69) is 33.8 Å². The molecule has 1 N–H and O–H groups in total. The summed E-state index contributed by atoms with van der Waals surface area (Å²) < 4.78 is 0.811. The van der Waals surface area contributed by atoms with Gasteiger partial charge >= 0.3 is 0 Å². The predicted molar refractivity (Wildman–Crippen MR) is 70.9 cm³/mol. The Hall–Kier alpha value is -1.05. The van der Waals surface area contributed by atoms with E-state index < -0.39 is 0 Å². The number of nitrogens with zero attached hydrogens (tertiary/aromatic N) is 2. The molecule has 2 atom stereocenters. The van der Waals surface area contributed by atoms with Crippen molar-refractivity contribution in [3.63, 3.8) is 0 Å². The van der Waals surface area contributed by atoms with E-state index >= 15 is 0 Å². The van der Waals surface area contributed by atoms with Crippen LogP contribution in [0.15, 0.2) is 22.7 Å². The molecule has 1 saturated heterocycles. The molecule has 3 nitrogen and oxygen atoms in total. The monoisotopic (exact) mass is 294 g/mol. The van der Waals surface area contributed by atoms with Crippen LogP contribution in [0.3, 0.4) is 0 Å². The quantitative estimate of drug-likeness (QED) is 0.866. The molecule has 1 aliphatic heterocycles. The van der Waals surface area contributed by atoms with Crippen LogP contribution in [-0.2, 0) is 0 Å². The fraction of sp³-hybridized carbons (Fsp3) is 0.462. The first-order valence-electron chi connectivity index (χ1n) is 5.75. The van der Waals surface area contributed by atoms with Gasteiger partial charge in [0.1, 0.15) is 6.07 Å². The molecule has 4 heteroatoms.